The molecule has 2 aromatic rings. The molecule has 108 valence electrons. The van der Waals surface area contributed by atoms with Gasteiger partial charge in [-0.3, -0.25) is 0 Å². The van der Waals surface area contributed by atoms with E-state index in [1.807, 2.05) is 24.6 Å². The molecule has 20 heavy (non-hydrogen) atoms. The molecule has 1 heterocycles. The summed E-state index contributed by atoms with van der Waals surface area (Å²) in [4.78, 5) is 4.43. The smallest absolute Gasteiger partial charge is 0.207 e. The van der Waals surface area contributed by atoms with Gasteiger partial charge in [0, 0.05) is 17.8 Å². The second kappa shape index (κ2) is 6.37. The van der Waals surface area contributed by atoms with Gasteiger partial charge in [0.15, 0.2) is 0 Å². The summed E-state index contributed by atoms with van der Waals surface area (Å²) in [5.41, 5.74) is 1.53. The quantitative estimate of drug-likeness (QED) is 0.891. The molecule has 0 aliphatic heterocycles. The fourth-order valence-corrected chi connectivity index (χ4v) is 2.33. The second-order valence-corrected chi connectivity index (χ2v) is 5.52. The lowest BCUT2D eigenvalue weighted by Crippen LogP contribution is -2.13. The van der Waals surface area contributed by atoms with Crippen LogP contribution in [0.25, 0.3) is 0 Å². The third-order valence-electron chi connectivity index (χ3n) is 2.91. The molecule has 2 rings (SSSR count). The Bertz CT molecular complexity index is 600. The highest BCUT2D eigenvalue weighted by Gasteiger charge is 2.13. The van der Waals surface area contributed by atoms with Gasteiger partial charge in [-0.15, -0.1) is 0 Å². The lowest BCUT2D eigenvalue weighted by Gasteiger charge is -2.16. The van der Waals surface area contributed by atoms with E-state index >= 15 is 0 Å². The Morgan fingerprint density at radius 3 is 2.95 bits per heavy atom. The van der Waals surface area contributed by atoms with E-state index in [1.165, 1.54) is 12.1 Å². The zero-order chi connectivity index (χ0) is 14.7. The first-order valence-corrected chi connectivity index (χ1v) is 7.07. The summed E-state index contributed by atoms with van der Waals surface area (Å²) >= 11 is 3.40. The van der Waals surface area contributed by atoms with Gasteiger partial charge >= 0.3 is 0 Å². The van der Waals surface area contributed by atoms with Crippen LogP contribution in [0.1, 0.15) is 18.7 Å². The van der Waals surface area contributed by atoms with Crippen molar-refractivity contribution in [1.82, 2.24) is 9.55 Å². The second-order valence-electron chi connectivity index (χ2n) is 4.67. The van der Waals surface area contributed by atoms with Gasteiger partial charge in [-0.1, -0.05) is 0 Å². The average molecular weight is 342 g/mol. The zero-order valence-corrected chi connectivity index (χ0v) is 13.2. The molecule has 0 saturated heterocycles. The Balaban J connectivity index is 2.31. The van der Waals surface area contributed by atoms with E-state index in [0.29, 0.717) is 18.2 Å². The van der Waals surface area contributed by atoms with E-state index in [4.69, 9.17) is 4.74 Å². The van der Waals surface area contributed by atoms with E-state index < -0.39 is 0 Å². The lowest BCUT2D eigenvalue weighted by molar-refractivity contribution is 0.163. The van der Waals surface area contributed by atoms with Gasteiger partial charge in [0.05, 0.1) is 24.0 Å². The van der Waals surface area contributed by atoms with Crippen molar-refractivity contribution in [1.29, 1.82) is 0 Å². The number of benzene rings is 1. The lowest BCUT2D eigenvalue weighted by atomic mass is 10.3. The predicted octanol–water partition coefficient (Wildman–Crippen LogP) is 4.04. The van der Waals surface area contributed by atoms with Gasteiger partial charge < -0.3 is 14.6 Å². The minimum atomic E-state index is -0.296. The number of aryl methyl sites for hydroxylation is 1. The van der Waals surface area contributed by atoms with Crippen LogP contribution in [-0.2, 0) is 4.74 Å². The number of rotatable bonds is 5. The molecular weight excluding hydrogens is 325 g/mol. The molecule has 4 nitrogen and oxygen atoms in total. The number of aromatic nitrogens is 2. The van der Waals surface area contributed by atoms with Crippen molar-refractivity contribution in [3.63, 3.8) is 0 Å². The normalized spacial score (nSPS) is 12.4. The standard InChI is InChI=1S/C14H17BrFN3O/c1-9-7-19(10(2)8-20-3)14(17-9)18-13-6-11(16)4-5-12(13)15/h4-7,10H,8H2,1-3H3,(H,17,18). The molecule has 0 radical (unpaired) electrons. The van der Waals surface area contributed by atoms with Gasteiger partial charge in [-0.25, -0.2) is 9.37 Å². The molecule has 0 saturated carbocycles. The topological polar surface area (TPSA) is 39.1 Å². The molecule has 1 aromatic carbocycles. The summed E-state index contributed by atoms with van der Waals surface area (Å²) in [6, 6.07) is 4.63. The Morgan fingerprint density at radius 1 is 1.50 bits per heavy atom. The van der Waals surface area contributed by atoms with Crippen LogP contribution in [0.5, 0.6) is 0 Å². The molecular formula is C14H17BrFN3O. The van der Waals surface area contributed by atoms with Crippen LogP contribution < -0.4 is 5.32 Å². The highest BCUT2D eigenvalue weighted by atomic mass is 79.9. The zero-order valence-electron chi connectivity index (χ0n) is 11.7. The van der Waals surface area contributed by atoms with Crippen molar-refractivity contribution in [2.45, 2.75) is 19.9 Å². The predicted molar refractivity (Wildman–Crippen MR) is 80.9 cm³/mol. The molecule has 6 heteroatoms. The summed E-state index contributed by atoms with van der Waals surface area (Å²) in [5, 5.41) is 3.15. The summed E-state index contributed by atoms with van der Waals surface area (Å²) < 4.78 is 21.3. The molecule has 0 aliphatic rings. The first-order chi connectivity index (χ1) is 9.51. The van der Waals surface area contributed by atoms with Crippen LogP contribution in [0.4, 0.5) is 16.0 Å². The molecule has 1 unspecified atom stereocenters. The van der Waals surface area contributed by atoms with Crippen LogP contribution in [0, 0.1) is 12.7 Å². The Morgan fingerprint density at radius 2 is 2.25 bits per heavy atom. The summed E-state index contributed by atoms with van der Waals surface area (Å²) in [5.74, 6) is 0.369. The van der Waals surface area contributed by atoms with Gasteiger partial charge in [-0.05, 0) is 48.0 Å². The van der Waals surface area contributed by atoms with E-state index in [2.05, 4.69) is 26.2 Å². The van der Waals surface area contributed by atoms with E-state index in [0.717, 1.165) is 10.2 Å². The van der Waals surface area contributed by atoms with Gasteiger partial charge in [0.1, 0.15) is 5.82 Å². The van der Waals surface area contributed by atoms with E-state index in [1.54, 1.807) is 13.2 Å². The Kier molecular flexibility index (Phi) is 4.77. The van der Waals surface area contributed by atoms with Crippen LogP contribution in [0.3, 0.4) is 0 Å². The van der Waals surface area contributed by atoms with Crippen LogP contribution in [0.15, 0.2) is 28.9 Å². The maximum absolute atomic E-state index is 13.3. The number of nitrogens with one attached hydrogen (secondary N) is 1. The molecule has 0 aliphatic carbocycles. The Hall–Kier alpha value is -1.40. The van der Waals surface area contributed by atoms with Crippen molar-refractivity contribution in [3.8, 4) is 0 Å². The van der Waals surface area contributed by atoms with Gasteiger partial charge in [0.25, 0.3) is 0 Å². The maximum atomic E-state index is 13.3. The number of nitrogens with zero attached hydrogens (tertiary/aromatic N) is 2. The molecule has 0 amide bonds. The number of methoxy groups -OCH3 is 1. The third kappa shape index (κ3) is 3.37. The van der Waals surface area contributed by atoms with Gasteiger partial charge in [0.2, 0.25) is 5.95 Å². The maximum Gasteiger partial charge on any atom is 0.207 e. The minimum absolute atomic E-state index is 0.135. The molecule has 1 N–H and O–H groups in total. The molecule has 0 fully saturated rings. The molecule has 0 bridgehead atoms. The number of halogens is 2. The molecule has 1 aromatic heterocycles. The molecule has 0 spiro atoms. The van der Waals surface area contributed by atoms with Crippen molar-refractivity contribution in [2.75, 3.05) is 19.0 Å². The van der Waals surface area contributed by atoms with Crippen molar-refractivity contribution >= 4 is 27.6 Å². The van der Waals surface area contributed by atoms with Crippen LogP contribution in [-0.4, -0.2) is 23.3 Å². The highest BCUT2D eigenvalue weighted by molar-refractivity contribution is 9.10. The van der Waals surface area contributed by atoms with E-state index in [9.17, 15) is 4.39 Å². The minimum Gasteiger partial charge on any atom is -0.383 e. The number of imidazole rings is 1. The summed E-state index contributed by atoms with van der Waals surface area (Å²) in [6.45, 7) is 4.53. The van der Waals surface area contributed by atoms with Crippen molar-refractivity contribution < 1.29 is 9.13 Å². The largest absolute Gasteiger partial charge is 0.383 e. The number of ether oxygens (including phenoxy) is 1. The van der Waals surface area contributed by atoms with Gasteiger partial charge in [-0.2, -0.15) is 0 Å². The van der Waals surface area contributed by atoms with Crippen molar-refractivity contribution in [3.05, 3.63) is 40.4 Å². The first kappa shape index (κ1) is 15.0. The summed E-state index contributed by atoms with van der Waals surface area (Å²) in [7, 11) is 1.66. The van der Waals surface area contributed by atoms with E-state index in [-0.39, 0.29) is 11.9 Å². The van der Waals surface area contributed by atoms with Crippen molar-refractivity contribution in [2.24, 2.45) is 0 Å². The number of anilines is 2. The monoisotopic (exact) mass is 341 g/mol. The average Bonchev–Trinajstić information content (AvgIpc) is 2.75. The highest BCUT2D eigenvalue weighted by Crippen LogP contribution is 2.27. The Labute approximate surface area is 126 Å². The summed E-state index contributed by atoms with van der Waals surface area (Å²) in [6.07, 6.45) is 1.94. The third-order valence-corrected chi connectivity index (χ3v) is 3.60. The SMILES string of the molecule is COCC(C)n1cc(C)nc1Nc1cc(F)ccc1Br. The first-order valence-electron chi connectivity index (χ1n) is 6.27. The fraction of sp³-hybridized carbons (Fsp3) is 0.357. The number of hydrogen-bond donors (Lipinski definition) is 1. The molecule has 1 atom stereocenters. The van der Waals surface area contributed by atoms with Crippen LogP contribution >= 0.6 is 15.9 Å². The van der Waals surface area contributed by atoms with Crippen LogP contribution in [0.2, 0.25) is 0 Å². The fourth-order valence-electron chi connectivity index (χ4n) is 1.98. The number of hydrogen-bond acceptors (Lipinski definition) is 3.